The van der Waals surface area contributed by atoms with E-state index in [0.717, 1.165) is 18.8 Å². The highest BCUT2D eigenvalue weighted by Gasteiger charge is 2.35. The molecule has 1 fully saturated rings. The summed E-state index contributed by atoms with van der Waals surface area (Å²) in [4.78, 5) is 0. The zero-order chi connectivity index (χ0) is 13.3. The SMILES string of the molecule is Cn1ccc(CC2CC(C(C)(C)C)CCC2Cl)n1. The zero-order valence-electron chi connectivity index (χ0n) is 12.0. The largest absolute Gasteiger partial charge is 0.276 e. The maximum Gasteiger partial charge on any atom is 0.0627 e. The van der Waals surface area contributed by atoms with Gasteiger partial charge in [0.1, 0.15) is 0 Å². The van der Waals surface area contributed by atoms with Gasteiger partial charge in [-0.05, 0) is 49.0 Å². The molecule has 0 N–H and O–H groups in total. The monoisotopic (exact) mass is 268 g/mol. The molecular weight excluding hydrogens is 244 g/mol. The predicted octanol–water partition coefficient (Wildman–Crippen LogP) is 4.03. The summed E-state index contributed by atoms with van der Waals surface area (Å²) in [5.41, 5.74) is 1.59. The minimum Gasteiger partial charge on any atom is -0.276 e. The Kier molecular flexibility index (Phi) is 4.05. The molecule has 2 nitrogen and oxygen atoms in total. The van der Waals surface area contributed by atoms with Gasteiger partial charge in [0, 0.05) is 18.6 Å². The lowest BCUT2D eigenvalue weighted by atomic mass is 9.68. The van der Waals surface area contributed by atoms with Crippen LogP contribution in [0.2, 0.25) is 0 Å². The molecule has 102 valence electrons. The van der Waals surface area contributed by atoms with Crippen molar-refractivity contribution in [3.63, 3.8) is 0 Å². The molecule has 0 bridgehead atoms. The number of rotatable bonds is 2. The fourth-order valence-electron chi connectivity index (χ4n) is 3.07. The second kappa shape index (κ2) is 5.24. The molecule has 1 aromatic rings. The number of nitrogens with zero attached hydrogens (tertiary/aromatic N) is 2. The molecule has 2 rings (SSSR count). The van der Waals surface area contributed by atoms with Gasteiger partial charge in [0.25, 0.3) is 0 Å². The van der Waals surface area contributed by atoms with Crippen LogP contribution in [0.4, 0.5) is 0 Å². The maximum absolute atomic E-state index is 6.52. The first-order valence-electron chi connectivity index (χ1n) is 6.99. The molecular formula is C15H25ClN2. The smallest absolute Gasteiger partial charge is 0.0627 e. The van der Waals surface area contributed by atoms with E-state index in [1.807, 2.05) is 17.9 Å². The molecule has 1 aromatic heterocycles. The number of aromatic nitrogens is 2. The van der Waals surface area contributed by atoms with E-state index >= 15 is 0 Å². The Balaban J connectivity index is 2.02. The van der Waals surface area contributed by atoms with Gasteiger partial charge in [-0.2, -0.15) is 5.10 Å². The Bertz CT molecular complexity index is 391. The van der Waals surface area contributed by atoms with Crippen molar-refractivity contribution >= 4 is 11.6 Å². The van der Waals surface area contributed by atoms with E-state index in [1.165, 1.54) is 18.5 Å². The lowest BCUT2D eigenvalue weighted by Gasteiger charge is -2.39. The van der Waals surface area contributed by atoms with Gasteiger partial charge in [0.05, 0.1) is 5.69 Å². The standard InChI is InChI=1S/C15H25ClN2/c1-15(2,3)12-5-6-14(16)11(9-12)10-13-7-8-18(4)17-13/h7-8,11-12,14H,5-6,9-10H2,1-4H3. The van der Waals surface area contributed by atoms with Crippen molar-refractivity contribution in [2.45, 2.75) is 51.8 Å². The lowest BCUT2D eigenvalue weighted by Crippen LogP contribution is -2.33. The first-order chi connectivity index (χ1) is 8.36. The van der Waals surface area contributed by atoms with Crippen LogP contribution in [0.1, 0.15) is 45.7 Å². The second-order valence-electron chi connectivity index (χ2n) is 6.84. The van der Waals surface area contributed by atoms with E-state index in [1.54, 1.807) is 0 Å². The van der Waals surface area contributed by atoms with E-state index in [4.69, 9.17) is 11.6 Å². The van der Waals surface area contributed by atoms with Gasteiger partial charge in [0.2, 0.25) is 0 Å². The second-order valence-corrected chi connectivity index (χ2v) is 7.40. The quantitative estimate of drug-likeness (QED) is 0.741. The zero-order valence-corrected chi connectivity index (χ0v) is 12.7. The Morgan fingerprint density at radius 2 is 2.11 bits per heavy atom. The minimum atomic E-state index is 0.325. The molecule has 0 spiro atoms. The van der Waals surface area contributed by atoms with Crippen molar-refractivity contribution in [3.05, 3.63) is 18.0 Å². The van der Waals surface area contributed by atoms with Crippen LogP contribution in [0, 0.1) is 17.3 Å². The fraction of sp³-hybridized carbons (Fsp3) is 0.800. The highest BCUT2D eigenvalue weighted by molar-refractivity contribution is 6.20. The average molecular weight is 269 g/mol. The summed E-state index contributed by atoms with van der Waals surface area (Å²) in [5.74, 6) is 1.38. The molecule has 0 aromatic carbocycles. The Hall–Kier alpha value is -0.500. The molecule has 3 unspecified atom stereocenters. The molecule has 1 saturated carbocycles. The topological polar surface area (TPSA) is 17.8 Å². The van der Waals surface area contributed by atoms with Gasteiger partial charge < -0.3 is 0 Å². The minimum absolute atomic E-state index is 0.325. The van der Waals surface area contributed by atoms with Crippen LogP contribution in [0.25, 0.3) is 0 Å². The molecule has 18 heavy (non-hydrogen) atoms. The summed E-state index contributed by atoms with van der Waals surface area (Å²) in [5, 5.41) is 4.81. The number of halogens is 1. The average Bonchev–Trinajstić information content (AvgIpc) is 2.66. The third-order valence-corrected chi connectivity index (χ3v) is 4.93. The van der Waals surface area contributed by atoms with Gasteiger partial charge in [-0.1, -0.05) is 20.8 Å². The Morgan fingerprint density at radius 3 is 2.67 bits per heavy atom. The van der Waals surface area contributed by atoms with Crippen LogP contribution in [0.5, 0.6) is 0 Å². The Labute approximate surface area is 116 Å². The van der Waals surface area contributed by atoms with E-state index in [2.05, 4.69) is 31.9 Å². The summed E-state index contributed by atoms with van der Waals surface area (Å²) >= 11 is 6.52. The molecule has 1 heterocycles. The highest BCUT2D eigenvalue weighted by Crippen LogP contribution is 2.42. The van der Waals surface area contributed by atoms with E-state index in [-0.39, 0.29) is 0 Å². The number of hydrogen-bond donors (Lipinski definition) is 0. The van der Waals surface area contributed by atoms with Gasteiger partial charge >= 0.3 is 0 Å². The summed E-state index contributed by atoms with van der Waals surface area (Å²) in [6.45, 7) is 7.05. The van der Waals surface area contributed by atoms with E-state index < -0.39 is 0 Å². The lowest BCUT2D eigenvalue weighted by molar-refractivity contribution is 0.143. The molecule has 0 amide bonds. The van der Waals surface area contributed by atoms with Gasteiger partial charge in [-0.15, -0.1) is 11.6 Å². The molecule has 1 aliphatic carbocycles. The van der Waals surface area contributed by atoms with Crippen LogP contribution < -0.4 is 0 Å². The Morgan fingerprint density at radius 1 is 1.39 bits per heavy atom. The van der Waals surface area contributed by atoms with Crippen molar-refractivity contribution < 1.29 is 0 Å². The van der Waals surface area contributed by atoms with E-state index in [0.29, 0.717) is 16.7 Å². The first kappa shape index (κ1) is 13.9. The van der Waals surface area contributed by atoms with Crippen molar-refractivity contribution in [1.82, 2.24) is 9.78 Å². The normalized spacial score (nSPS) is 29.5. The van der Waals surface area contributed by atoms with Crippen molar-refractivity contribution in [2.75, 3.05) is 0 Å². The molecule has 3 heteroatoms. The molecule has 0 aliphatic heterocycles. The van der Waals surface area contributed by atoms with Gasteiger partial charge in [-0.25, -0.2) is 0 Å². The summed E-state index contributed by atoms with van der Waals surface area (Å²) in [6.07, 6.45) is 6.72. The van der Waals surface area contributed by atoms with E-state index in [9.17, 15) is 0 Å². The maximum atomic E-state index is 6.52. The summed E-state index contributed by atoms with van der Waals surface area (Å²) in [6, 6.07) is 2.12. The molecule has 3 atom stereocenters. The van der Waals surface area contributed by atoms with Crippen molar-refractivity contribution in [1.29, 1.82) is 0 Å². The first-order valence-corrected chi connectivity index (χ1v) is 7.42. The number of alkyl halides is 1. The van der Waals surface area contributed by atoms with Crippen LogP contribution in [0.3, 0.4) is 0 Å². The third-order valence-electron chi connectivity index (χ3n) is 4.35. The van der Waals surface area contributed by atoms with Crippen LogP contribution in [-0.4, -0.2) is 15.2 Å². The van der Waals surface area contributed by atoms with Gasteiger partial charge in [-0.3, -0.25) is 4.68 Å². The van der Waals surface area contributed by atoms with Crippen molar-refractivity contribution in [3.8, 4) is 0 Å². The number of hydrogen-bond acceptors (Lipinski definition) is 1. The van der Waals surface area contributed by atoms with Crippen LogP contribution in [0.15, 0.2) is 12.3 Å². The molecule has 0 radical (unpaired) electrons. The van der Waals surface area contributed by atoms with Gasteiger partial charge in [0.15, 0.2) is 0 Å². The molecule has 1 aliphatic rings. The van der Waals surface area contributed by atoms with Crippen LogP contribution in [-0.2, 0) is 13.5 Å². The predicted molar refractivity (Wildman–Crippen MR) is 76.8 cm³/mol. The van der Waals surface area contributed by atoms with Crippen molar-refractivity contribution in [2.24, 2.45) is 24.3 Å². The summed E-state index contributed by atoms with van der Waals surface area (Å²) in [7, 11) is 1.97. The fourth-order valence-corrected chi connectivity index (χ4v) is 3.38. The highest BCUT2D eigenvalue weighted by atomic mass is 35.5. The number of aryl methyl sites for hydroxylation is 1. The van der Waals surface area contributed by atoms with Crippen LogP contribution >= 0.6 is 11.6 Å². The molecule has 0 saturated heterocycles. The summed E-state index contributed by atoms with van der Waals surface area (Å²) < 4.78 is 1.88. The third kappa shape index (κ3) is 3.28.